The normalized spacial score (nSPS) is 19.5. The second kappa shape index (κ2) is 9.69. The SMILES string of the molecule is C[C@H]1CCc2c(ccc3c2nc(CCn2ccccc2=O)n3CCN2CCC(CO)CC2)N1. The number of rotatable bonds is 7. The number of nitrogens with one attached hydrogen (secondary N) is 1. The number of nitrogens with zero attached hydrogens (tertiary/aromatic N) is 4. The smallest absolute Gasteiger partial charge is 0.250 e. The zero-order valence-electron chi connectivity index (χ0n) is 19.5. The summed E-state index contributed by atoms with van der Waals surface area (Å²) in [6.07, 6.45) is 6.89. The van der Waals surface area contributed by atoms with Crippen molar-refractivity contribution in [2.75, 3.05) is 31.6 Å². The average molecular weight is 450 g/mol. The van der Waals surface area contributed by atoms with E-state index in [2.05, 4.69) is 33.8 Å². The van der Waals surface area contributed by atoms with Crippen LogP contribution in [-0.4, -0.2) is 56.4 Å². The number of aromatic nitrogens is 3. The fourth-order valence-corrected chi connectivity index (χ4v) is 5.32. The van der Waals surface area contributed by atoms with Crippen molar-refractivity contribution < 1.29 is 5.11 Å². The van der Waals surface area contributed by atoms with E-state index in [0.29, 0.717) is 25.1 Å². The van der Waals surface area contributed by atoms with Gasteiger partial charge in [0.2, 0.25) is 0 Å². The van der Waals surface area contributed by atoms with Gasteiger partial charge in [0, 0.05) is 62.2 Å². The summed E-state index contributed by atoms with van der Waals surface area (Å²) in [5.74, 6) is 1.51. The molecular weight excluding hydrogens is 414 g/mol. The van der Waals surface area contributed by atoms with Gasteiger partial charge in [0.1, 0.15) is 5.82 Å². The van der Waals surface area contributed by atoms with Gasteiger partial charge in [-0.25, -0.2) is 4.98 Å². The summed E-state index contributed by atoms with van der Waals surface area (Å²) in [5.41, 5.74) is 4.88. The van der Waals surface area contributed by atoms with Crippen LogP contribution in [0.5, 0.6) is 0 Å². The van der Waals surface area contributed by atoms with E-state index < -0.39 is 0 Å². The summed E-state index contributed by atoms with van der Waals surface area (Å²) >= 11 is 0. The molecule has 1 atom stereocenters. The van der Waals surface area contributed by atoms with Crippen LogP contribution in [0, 0.1) is 5.92 Å². The minimum Gasteiger partial charge on any atom is -0.396 e. The van der Waals surface area contributed by atoms with Crippen LogP contribution >= 0.6 is 0 Å². The minimum atomic E-state index is 0.0301. The van der Waals surface area contributed by atoms with Gasteiger partial charge >= 0.3 is 0 Å². The van der Waals surface area contributed by atoms with Crippen molar-refractivity contribution in [3.05, 3.63) is 58.3 Å². The topological polar surface area (TPSA) is 75.3 Å². The zero-order chi connectivity index (χ0) is 22.8. The average Bonchev–Trinajstić information content (AvgIpc) is 3.20. The molecule has 7 nitrogen and oxygen atoms in total. The Morgan fingerprint density at radius 3 is 2.73 bits per heavy atom. The van der Waals surface area contributed by atoms with E-state index in [4.69, 9.17) is 4.98 Å². The number of hydrogen-bond acceptors (Lipinski definition) is 5. The molecule has 2 aliphatic heterocycles. The lowest BCUT2D eigenvalue weighted by molar-refractivity contribution is 0.129. The molecule has 0 radical (unpaired) electrons. The molecule has 0 saturated carbocycles. The summed E-state index contributed by atoms with van der Waals surface area (Å²) in [6.45, 7) is 7.13. The van der Waals surface area contributed by atoms with Crippen LogP contribution in [0.15, 0.2) is 41.3 Å². The largest absolute Gasteiger partial charge is 0.396 e. The van der Waals surface area contributed by atoms with E-state index in [1.807, 2.05) is 12.3 Å². The Balaban J connectivity index is 1.42. The zero-order valence-corrected chi connectivity index (χ0v) is 19.5. The predicted octanol–water partition coefficient (Wildman–Crippen LogP) is 2.89. The second-order valence-electron chi connectivity index (χ2n) is 9.67. The second-order valence-corrected chi connectivity index (χ2v) is 9.67. The van der Waals surface area contributed by atoms with E-state index >= 15 is 0 Å². The Kier molecular flexibility index (Phi) is 6.51. The molecule has 0 unspecified atom stereocenters. The van der Waals surface area contributed by atoms with Crippen molar-refractivity contribution in [1.82, 2.24) is 19.0 Å². The molecule has 2 N–H and O–H groups in total. The van der Waals surface area contributed by atoms with Crippen LogP contribution in [0.1, 0.15) is 37.6 Å². The maximum absolute atomic E-state index is 12.2. The molecule has 4 heterocycles. The molecule has 7 heteroatoms. The van der Waals surface area contributed by atoms with Crippen molar-refractivity contribution >= 4 is 16.7 Å². The third kappa shape index (κ3) is 4.70. The number of fused-ring (bicyclic) bond motifs is 3. The number of hydrogen-bond donors (Lipinski definition) is 2. The van der Waals surface area contributed by atoms with Crippen LogP contribution in [0.4, 0.5) is 5.69 Å². The molecule has 5 rings (SSSR count). The van der Waals surface area contributed by atoms with Gasteiger partial charge in [-0.3, -0.25) is 4.79 Å². The fraction of sp³-hybridized carbons (Fsp3) is 0.538. The summed E-state index contributed by atoms with van der Waals surface area (Å²) in [7, 11) is 0. The number of benzene rings is 1. The molecular formula is C26H35N5O2. The molecule has 0 aliphatic carbocycles. The number of pyridine rings is 1. The van der Waals surface area contributed by atoms with Gasteiger partial charge in [0.25, 0.3) is 5.56 Å². The van der Waals surface area contributed by atoms with Crippen LogP contribution in [-0.2, 0) is 25.9 Å². The number of imidazole rings is 1. The Labute approximate surface area is 195 Å². The standard InChI is InChI=1S/C26H35N5O2/c1-19-5-6-21-22(27-19)7-8-23-26(21)28-24(11-15-30-12-3-2-4-25(30)33)31(23)17-16-29-13-9-20(18-32)10-14-29/h2-4,7-8,12,19-20,27,32H,5-6,9-11,13-18H2,1H3/t19-/m0/s1. The quantitative estimate of drug-likeness (QED) is 0.580. The lowest BCUT2D eigenvalue weighted by Crippen LogP contribution is -2.37. The molecule has 2 aromatic heterocycles. The number of piperidine rings is 1. The van der Waals surface area contributed by atoms with Crippen molar-refractivity contribution in [2.45, 2.75) is 58.2 Å². The summed E-state index contributed by atoms with van der Waals surface area (Å²) < 4.78 is 4.14. The number of aliphatic hydroxyl groups is 1. The first-order valence-electron chi connectivity index (χ1n) is 12.4. The van der Waals surface area contributed by atoms with Gasteiger partial charge in [-0.2, -0.15) is 0 Å². The molecule has 1 fully saturated rings. The van der Waals surface area contributed by atoms with E-state index in [9.17, 15) is 9.90 Å². The molecule has 1 saturated heterocycles. The first kappa shape index (κ1) is 22.2. The van der Waals surface area contributed by atoms with Gasteiger partial charge in [-0.15, -0.1) is 0 Å². The number of aryl methyl sites for hydroxylation is 3. The maximum atomic E-state index is 12.2. The van der Waals surface area contributed by atoms with Gasteiger partial charge in [-0.05, 0) is 69.8 Å². The highest BCUT2D eigenvalue weighted by molar-refractivity contribution is 5.86. The molecule has 3 aromatic rings. The fourth-order valence-electron chi connectivity index (χ4n) is 5.32. The van der Waals surface area contributed by atoms with Crippen molar-refractivity contribution in [3.8, 4) is 0 Å². The van der Waals surface area contributed by atoms with Crippen LogP contribution < -0.4 is 10.9 Å². The highest BCUT2D eigenvalue weighted by Crippen LogP contribution is 2.32. The van der Waals surface area contributed by atoms with E-state index in [1.54, 1.807) is 16.7 Å². The first-order valence-corrected chi connectivity index (χ1v) is 12.4. The summed E-state index contributed by atoms with van der Waals surface area (Å²) in [6, 6.07) is 10.2. The van der Waals surface area contributed by atoms with E-state index in [-0.39, 0.29) is 5.56 Å². The molecule has 33 heavy (non-hydrogen) atoms. The van der Waals surface area contributed by atoms with Crippen LogP contribution in [0.25, 0.3) is 11.0 Å². The summed E-state index contributed by atoms with van der Waals surface area (Å²) in [5, 5.41) is 13.1. The highest BCUT2D eigenvalue weighted by Gasteiger charge is 2.22. The van der Waals surface area contributed by atoms with E-state index in [0.717, 1.165) is 69.6 Å². The third-order valence-electron chi connectivity index (χ3n) is 7.41. The maximum Gasteiger partial charge on any atom is 0.250 e. The minimum absolute atomic E-state index is 0.0301. The number of likely N-dealkylation sites (tertiary alicyclic amines) is 1. The van der Waals surface area contributed by atoms with E-state index in [1.165, 1.54) is 16.8 Å². The Hall–Kier alpha value is -2.64. The van der Waals surface area contributed by atoms with Crippen molar-refractivity contribution in [2.24, 2.45) is 5.92 Å². The molecule has 2 aliphatic rings. The van der Waals surface area contributed by atoms with Gasteiger partial charge < -0.3 is 24.5 Å². The molecule has 0 spiro atoms. The van der Waals surface area contributed by atoms with Gasteiger partial charge in [0.05, 0.1) is 11.0 Å². The first-order chi connectivity index (χ1) is 16.1. The Morgan fingerprint density at radius 2 is 1.94 bits per heavy atom. The monoisotopic (exact) mass is 449 g/mol. The Bertz CT molecular complexity index is 1160. The predicted molar refractivity (Wildman–Crippen MR) is 132 cm³/mol. The molecule has 0 amide bonds. The summed E-state index contributed by atoms with van der Waals surface area (Å²) in [4.78, 5) is 19.9. The van der Waals surface area contributed by atoms with Crippen molar-refractivity contribution in [3.63, 3.8) is 0 Å². The number of anilines is 1. The highest BCUT2D eigenvalue weighted by atomic mass is 16.3. The number of aliphatic hydroxyl groups excluding tert-OH is 1. The third-order valence-corrected chi connectivity index (χ3v) is 7.41. The van der Waals surface area contributed by atoms with Crippen LogP contribution in [0.2, 0.25) is 0 Å². The molecule has 0 bridgehead atoms. The van der Waals surface area contributed by atoms with Crippen LogP contribution in [0.3, 0.4) is 0 Å². The molecule has 176 valence electrons. The lowest BCUT2D eigenvalue weighted by Gasteiger charge is -2.31. The molecule has 1 aromatic carbocycles. The Morgan fingerprint density at radius 1 is 1.09 bits per heavy atom. The van der Waals surface area contributed by atoms with Crippen molar-refractivity contribution in [1.29, 1.82) is 0 Å². The van der Waals surface area contributed by atoms with Gasteiger partial charge in [0.15, 0.2) is 0 Å². The lowest BCUT2D eigenvalue weighted by atomic mass is 9.97. The van der Waals surface area contributed by atoms with Gasteiger partial charge in [-0.1, -0.05) is 6.07 Å².